The second-order valence-corrected chi connectivity index (χ2v) is 7.71. The van der Waals surface area contributed by atoms with Crippen LogP contribution in [0.4, 0.5) is 5.69 Å². The van der Waals surface area contributed by atoms with Crippen molar-refractivity contribution in [2.45, 2.75) is 17.4 Å². The first-order chi connectivity index (χ1) is 11.2. The third kappa shape index (κ3) is 3.89. The van der Waals surface area contributed by atoms with Crippen molar-refractivity contribution in [3.8, 4) is 0 Å². The van der Waals surface area contributed by atoms with Crippen LogP contribution >= 0.6 is 0 Å². The van der Waals surface area contributed by atoms with Gasteiger partial charge in [0.1, 0.15) is 0 Å². The first-order valence-electron chi connectivity index (χ1n) is 7.40. The third-order valence-electron chi connectivity index (χ3n) is 4.07. The second kappa shape index (κ2) is 7.24. The largest absolute Gasteiger partial charge is 0.340 e. The van der Waals surface area contributed by atoms with Gasteiger partial charge in [-0.3, -0.25) is 14.9 Å². The minimum Gasteiger partial charge on any atom is -0.340 e. The molecule has 1 N–H and O–H groups in total. The van der Waals surface area contributed by atoms with Gasteiger partial charge in [0.05, 0.1) is 16.4 Å². The molecule has 2 rings (SSSR count). The SMILES string of the molecule is CN(C(=O)CN(C)S(=O)(=O)c1cccc([N+](=O)[O-])c1)C1CCNC1. The quantitative estimate of drug-likeness (QED) is 0.569. The highest BCUT2D eigenvalue weighted by molar-refractivity contribution is 7.89. The Morgan fingerprint density at radius 1 is 1.42 bits per heavy atom. The number of benzene rings is 1. The lowest BCUT2D eigenvalue weighted by Gasteiger charge is -2.26. The normalized spacial score (nSPS) is 17.9. The number of nitro benzene ring substituents is 1. The van der Waals surface area contributed by atoms with Crippen molar-refractivity contribution in [2.24, 2.45) is 0 Å². The fourth-order valence-corrected chi connectivity index (χ4v) is 3.66. The summed E-state index contributed by atoms with van der Waals surface area (Å²) in [5.41, 5.74) is -0.315. The van der Waals surface area contributed by atoms with Crippen molar-refractivity contribution in [1.82, 2.24) is 14.5 Å². The molecule has 24 heavy (non-hydrogen) atoms. The summed E-state index contributed by atoms with van der Waals surface area (Å²) in [4.78, 5) is 23.7. The Morgan fingerprint density at radius 3 is 2.71 bits per heavy atom. The molecule has 1 aromatic carbocycles. The van der Waals surface area contributed by atoms with Crippen LogP contribution in [0.15, 0.2) is 29.2 Å². The zero-order valence-electron chi connectivity index (χ0n) is 13.5. The number of amides is 1. The summed E-state index contributed by atoms with van der Waals surface area (Å²) in [6.07, 6.45) is 0.823. The van der Waals surface area contributed by atoms with Gasteiger partial charge in [0.2, 0.25) is 15.9 Å². The maximum atomic E-state index is 12.5. The fourth-order valence-electron chi connectivity index (χ4n) is 2.50. The number of rotatable bonds is 6. The molecule has 10 heteroatoms. The Morgan fingerprint density at radius 2 is 2.12 bits per heavy atom. The maximum absolute atomic E-state index is 12.5. The number of nitro groups is 1. The smallest absolute Gasteiger partial charge is 0.270 e. The predicted molar refractivity (Wildman–Crippen MR) is 87.0 cm³/mol. The van der Waals surface area contributed by atoms with Crippen molar-refractivity contribution in [3.05, 3.63) is 34.4 Å². The third-order valence-corrected chi connectivity index (χ3v) is 5.87. The monoisotopic (exact) mass is 356 g/mol. The van der Waals surface area contributed by atoms with Gasteiger partial charge in [0.25, 0.3) is 5.69 Å². The highest BCUT2D eigenvalue weighted by Gasteiger charge is 2.28. The number of sulfonamides is 1. The van der Waals surface area contributed by atoms with Crippen LogP contribution in [0.1, 0.15) is 6.42 Å². The standard InChI is InChI=1S/C14H20N4O5S/c1-16(10-14(19)17(2)12-6-7-15-9-12)24(22,23)13-5-3-4-11(8-13)18(20)21/h3-5,8,12,15H,6-7,9-10H2,1-2H3. The van der Waals surface area contributed by atoms with Gasteiger partial charge in [0.15, 0.2) is 0 Å². The van der Waals surface area contributed by atoms with E-state index in [0.29, 0.717) is 6.54 Å². The van der Waals surface area contributed by atoms with Crippen molar-refractivity contribution in [2.75, 3.05) is 33.7 Å². The summed E-state index contributed by atoms with van der Waals surface area (Å²) in [6, 6.07) is 4.82. The van der Waals surface area contributed by atoms with Crippen molar-refractivity contribution in [3.63, 3.8) is 0 Å². The van der Waals surface area contributed by atoms with E-state index in [1.54, 1.807) is 11.9 Å². The summed E-state index contributed by atoms with van der Waals surface area (Å²) in [6.45, 7) is 1.19. The second-order valence-electron chi connectivity index (χ2n) is 5.67. The van der Waals surface area contributed by atoms with Crippen LogP contribution in [0.3, 0.4) is 0 Å². The Bertz CT molecular complexity index is 730. The molecule has 1 aliphatic rings. The number of carbonyl (C=O) groups excluding carboxylic acids is 1. The summed E-state index contributed by atoms with van der Waals surface area (Å²) >= 11 is 0. The average molecular weight is 356 g/mol. The van der Waals surface area contributed by atoms with Crippen LogP contribution in [-0.2, 0) is 14.8 Å². The van der Waals surface area contributed by atoms with Crippen LogP contribution in [0.25, 0.3) is 0 Å². The van der Waals surface area contributed by atoms with Crippen molar-refractivity contribution < 1.29 is 18.1 Å². The molecule has 0 spiro atoms. The fraction of sp³-hybridized carbons (Fsp3) is 0.500. The molecule has 1 atom stereocenters. The molecule has 132 valence electrons. The van der Waals surface area contributed by atoms with Gasteiger partial charge in [-0.1, -0.05) is 6.07 Å². The van der Waals surface area contributed by atoms with E-state index in [9.17, 15) is 23.3 Å². The summed E-state index contributed by atoms with van der Waals surface area (Å²) in [7, 11) is -1.05. The number of non-ortho nitro benzene ring substituents is 1. The van der Waals surface area contributed by atoms with E-state index in [2.05, 4.69) is 5.32 Å². The number of hydrogen-bond acceptors (Lipinski definition) is 6. The van der Waals surface area contributed by atoms with E-state index >= 15 is 0 Å². The number of carbonyl (C=O) groups is 1. The summed E-state index contributed by atoms with van der Waals surface area (Å²) in [5, 5.41) is 13.9. The molecular weight excluding hydrogens is 336 g/mol. The van der Waals surface area contributed by atoms with E-state index in [1.165, 1.54) is 25.2 Å². The van der Waals surface area contributed by atoms with E-state index in [0.717, 1.165) is 23.3 Å². The van der Waals surface area contributed by atoms with E-state index in [-0.39, 0.29) is 29.1 Å². The van der Waals surface area contributed by atoms with Gasteiger partial charge in [-0.05, 0) is 19.0 Å². The summed E-state index contributed by atoms with van der Waals surface area (Å²) < 4.78 is 25.9. The van der Waals surface area contributed by atoms with Crippen LogP contribution in [0, 0.1) is 10.1 Å². The topological polar surface area (TPSA) is 113 Å². The molecule has 0 aromatic heterocycles. The first-order valence-corrected chi connectivity index (χ1v) is 8.84. The van der Waals surface area contributed by atoms with Crippen molar-refractivity contribution >= 4 is 21.6 Å². The van der Waals surface area contributed by atoms with Gasteiger partial charge in [-0.15, -0.1) is 0 Å². The zero-order valence-corrected chi connectivity index (χ0v) is 14.3. The zero-order chi connectivity index (χ0) is 17.9. The number of nitrogens with one attached hydrogen (secondary N) is 1. The Hall–Kier alpha value is -2.04. The lowest BCUT2D eigenvalue weighted by Crippen LogP contribution is -2.44. The molecule has 9 nitrogen and oxygen atoms in total. The Kier molecular flexibility index (Phi) is 5.52. The molecule has 1 fully saturated rings. The highest BCUT2D eigenvalue weighted by atomic mass is 32.2. The number of hydrogen-bond donors (Lipinski definition) is 1. The predicted octanol–water partition coefficient (Wildman–Crippen LogP) is 0.0356. The molecule has 1 heterocycles. The number of nitrogens with zero attached hydrogens (tertiary/aromatic N) is 3. The average Bonchev–Trinajstić information content (AvgIpc) is 3.08. The maximum Gasteiger partial charge on any atom is 0.270 e. The molecule has 1 unspecified atom stereocenters. The Balaban J connectivity index is 2.12. The molecule has 0 saturated carbocycles. The van der Waals surface area contributed by atoms with Gasteiger partial charge < -0.3 is 10.2 Å². The van der Waals surface area contributed by atoms with E-state index in [4.69, 9.17) is 0 Å². The molecule has 1 saturated heterocycles. The molecule has 1 aromatic rings. The van der Waals surface area contributed by atoms with E-state index in [1.807, 2.05) is 0 Å². The van der Waals surface area contributed by atoms with Gasteiger partial charge in [-0.25, -0.2) is 8.42 Å². The Labute approximate surface area is 140 Å². The molecular formula is C14H20N4O5S. The molecule has 1 amide bonds. The minimum absolute atomic E-state index is 0.0476. The van der Waals surface area contributed by atoms with Crippen LogP contribution in [0.5, 0.6) is 0 Å². The van der Waals surface area contributed by atoms with Gasteiger partial charge in [0, 0.05) is 38.8 Å². The first kappa shape index (κ1) is 18.3. The lowest BCUT2D eigenvalue weighted by molar-refractivity contribution is -0.385. The van der Waals surface area contributed by atoms with E-state index < -0.39 is 14.9 Å². The molecule has 0 bridgehead atoms. The van der Waals surface area contributed by atoms with Crippen LogP contribution in [-0.4, -0.2) is 68.2 Å². The molecule has 0 aliphatic carbocycles. The molecule has 1 aliphatic heterocycles. The highest BCUT2D eigenvalue weighted by Crippen LogP contribution is 2.20. The minimum atomic E-state index is -3.98. The lowest BCUT2D eigenvalue weighted by atomic mass is 10.2. The van der Waals surface area contributed by atoms with Crippen molar-refractivity contribution in [1.29, 1.82) is 0 Å². The summed E-state index contributed by atoms with van der Waals surface area (Å²) in [5.74, 6) is -0.319. The number of likely N-dealkylation sites (N-methyl/N-ethyl adjacent to an activating group) is 2. The van der Waals surface area contributed by atoms with Crippen LogP contribution < -0.4 is 5.32 Å². The van der Waals surface area contributed by atoms with Gasteiger partial charge in [-0.2, -0.15) is 4.31 Å². The molecule has 0 radical (unpaired) electrons. The van der Waals surface area contributed by atoms with Crippen LogP contribution in [0.2, 0.25) is 0 Å². The van der Waals surface area contributed by atoms with Gasteiger partial charge >= 0.3 is 0 Å².